The van der Waals surface area contributed by atoms with Crippen LogP contribution in [0.25, 0.3) is 10.8 Å². The fourth-order valence-corrected chi connectivity index (χ4v) is 4.29. The molecule has 2 aliphatic heterocycles. The van der Waals surface area contributed by atoms with Gasteiger partial charge in [-0.3, -0.25) is 4.79 Å². The molecule has 2 aliphatic rings. The van der Waals surface area contributed by atoms with Crippen LogP contribution >= 0.6 is 0 Å². The van der Waals surface area contributed by atoms with E-state index in [1.165, 1.54) is 0 Å². The molecule has 1 amide bonds. The number of amidine groups is 1. The largest absolute Gasteiger partial charge is 0.345 e. The van der Waals surface area contributed by atoms with Crippen LogP contribution in [0.1, 0.15) is 18.5 Å². The summed E-state index contributed by atoms with van der Waals surface area (Å²) in [5.41, 5.74) is 1.52. The Hall–Kier alpha value is -2.93. The van der Waals surface area contributed by atoms with E-state index in [-0.39, 0.29) is 17.7 Å². The Labute approximate surface area is 157 Å². The van der Waals surface area contributed by atoms with E-state index in [2.05, 4.69) is 9.71 Å². The molecular weight excluding hydrogens is 362 g/mol. The zero-order valence-corrected chi connectivity index (χ0v) is 15.6. The van der Waals surface area contributed by atoms with Gasteiger partial charge in [-0.05, 0) is 35.4 Å². The van der Waals surface area contributed by atoms with Crippen LogP contribution in [0.2, 0.25) is 0 Å². The molecule has 27 heavy (non-hydrogen) atoms. The molecule has 6 nitrogen and oxygen atoms in total. The van der Waals surface area contributed by atoms with Gasteiger partial charge in [-0.25, -0.2) is 8.42 Å². The maximum atomic E-state index is 12.7. The van der Waals surface area contributed by atoms with E-state index in [1.807, 2.05) is 49.4 Å². The highest BCUT2D eigenvalue weighted by Gasteiger charge is 2.25. The van der Waals surface area contributed by atoms with Gasteiger partial charge in [-0.2, -0.15) is 0 Å². The van der Waals surface area contributed by atoms with E-state index >= 15 is 0 Å². The third kappa shape index (κ3) is 3.50. The van der Waals surface area contributed by atoms with Crippen molar-refractivity contribution in [1.82, 2.24) is 10.2 Å². The Kier molecular flexibility index (Phi) is 4.31. The predicted octanol–water partition coefficient (Wildman–Crippen LogP) is 2.51. The first-order valence-corrected chi connectivity index (χ1v) is 10.3. The predicted molar refractivity (Wildman–Crippen MR) is 106 cm³/mol. The highest BCUT2D eigenvalue weighted by atomic mass is 32.2. The second-order valence-corrected chi connectivity index (χ2v) is 8.36. The van der Waals surface area contributed by atoms with Crippen LogP contribution < -0.4 is 5.32 Å². The van der Waals surface area contributed by atoms with Crippen molar-refractivity contribution in [1.29, 1.82) is 0 Å². The van der Waals surface area contributed by atoms with E-state index in [0.717, 1.165) is 16.3 Å². The lowest BCUT2D eigenvalue weighted by Crippen LogP contribution is -2.38. The van der Waals surface area contributed by atoms with Crippen molar-refractivity contribution >= 4 is 32.5 Å². The lowest BCUT2D eigenvalue weighted by molar-refractivity contribution is -0.117. The molecule has 0 spiro atoms. The second-order valence-electron chi connectivity index (χ2n) is 6.61. The number of hydrogen-bond acceptors (Lipinski definition) is 4. The van der Waals surface area contributed by atoms with E-state index in [1.54, 1.807) is 23.3 Å². The summed E-state index contributed by atoms with van der Waals surface area (Å²) in [5.74, 6) is 0.0846. The van der Waals surface area contributed by atoms with Crippen molar-refractivity contribution in [3.63, 3.8) is 0 Å². The van der Waals surface area contributed by atoms with Gasteiger partial charge in [0, 0.05) is 12.7 Å². The number of carbonyl (C=O) groups excluding carboxylic acids is 1. The Morgan fingerprint density at radius 2 is 1.93 bits per heavy atom. The summed E-state index contributed by atoms with van der Waals surface area (Å²) < 4.78 is 26.9. The fourth-order valence-electron chi connectivity index (χ4n) is 3.32. The molecule has 0 fully saturated rings. The van der Waals surface area contributed by atoms with E-state index in [4.69, 9.17) is 0 Å². The number of nitrogens with one attached hydrogen (secondary N) is 1. The minimum absolute atomic E-state index is 0.0534. The van der Waals surface area contributed by atoms with E-state index in [0.29, 0.717) is 18.0 Å². The molecule has 0 aromatic heterocycles. The number of hydrogen-bond donors (Lipinski definition) is 1. The third-order valence-corrected chi connectivity index (χ3v) is 5.89. The number of sulfonamides is 1. The van der Waals surface area contributed by atoms with Crippen LogP contribution in [0, 0.1) is 0 Å². The number of carbonyl (C=O) groups is 1. The van der Waals surface area contributed by atoms with Gasteiger partial charge in [0.2, 0.25) is 0 Å². The molecular formula is C20H19N3O3S. The minimum Gasteiger partial charge on any atom is -0.345 e. The Bertz CT molecular complexity index is 1110. The third-order valence-electron chi connectivity index (χ3n) is 4.72. The molecule has 2 aromatic carbocycles. The molecule has 138 valence electrons. The van der Waals surface area contributed by atoms with Crippen LogP contribution in [0.15, 0.2) is 70.8 Å². The summed E-state index contributed by atoms with van der Waals surface area (Å²) in [6, 6.07) is 13.9. The highest BCUT2D eigenvalue weighted by Crippen LogP contribution is 2.24. The van der Waals surface area contributed by atoms with Crippen LogP contribution in [-0.2, 0) is 14.8 Å². The quantitative estimate of drug-likeness (QED) is 0.886. The van der Waals surface area contributed by atoms with Crippen LogP contribution in [0.4, 0.5) is 0 Å². The first-order valence-electron chi connectivity index (χ1n) is 8.71. The first-order chi connectivity index (χ1) is 12.9. The smallest absolute Gasteiger partial charge is 0.256 e. The molecule has 0 saturated heterocycles. The summed E-state index contributed by atoms with van der Waals surface area (Å²) >= 11 is 0. The lowest BCUT2D eigenvalue weighted by Gasteiger charge is -2.27. The number of amides is 1. The van der Waals surface area contributed by atoms with Crippen molar-refractivity contribution in [2.45, 2.75) is 13.0 Å². The maximum absolute atomic E-state index is 12.7. The van der Waals surface area contributed by atoms with Gasteiger partial charge in [0.1, 0.15) is 5.84 Å². The first kappa shape index (κ1) is 17.5. The fraction of sp³-hybridized carbons (Fsp3) is 0.200. The van der Waals surface area contributed by atoms with Gasteiger partial charge < -0.3 is 10.2 Å². The van der Waals surface area contributed by atoms with Gasteiger partial charge in [0.25, 0.3) is 15.9 Å². The Morgan fingerprint density at radius 3 is 2.78 bits per heavy atom. The van der Waals surface area contributed by atoms with Gasteiger partial charge in [-0.15, -0.1) is 4.40 Å². The summed E-state index contributed by atoms with van der Waals surface area (Å²) in [6.07, 6.45) is 4.81. The maximum Gasteiger partial charge on any atom is 0.256 e. The number of benzene rings is 2. The van der Waals surface area contributed by atoms with E-state index in [9.17, 15) is 13.2 Å². The van der Waals surface area contributed by atoms with Crippen molar-refractivity contribution in [2.75, 3.05) is 12.3 Å². The Morgan fingerprint density at radius 1 is 1.15 bits per heavy atom. The molecule has 0 saturated carbocycles. The molecule has 1 atom stereocenters. The minimum atomic E-state index is -3.40. The summed E-state index contributed by atoms with van der Waals surface area (Å²) in [7, 11) is -3.40. The van der Waals surface area contributed by atoms with Gasteiger partial charge in [-0.1, -0.05) is 42.5 Å². The summed E-state index contributed by atoms with van der Waals surface area (Å²) in [4.78, 5) is 14.4. The molecule has 0 radical (unpaired) electrons. The average molecular weight is 381 g/mol. The normalized spacial score (nSPS) is 19.1. The number of nitrogens with zero attached hydrogens (tertiary/aromatic N) is 2. The molecule has 0 aliphatic carbocycles. The molecule has 2 heterocycles. The molecule has 4 rings (SSSR count). The number of fused-ring (bicyclic) bond motifs is 2. The Balaban J connectivity index is 1.54. The summed E-state index contributed by atoms with van der Waals surface area (Å²) in [5, 5.41) is 5.26. The number of rotatable bonds is 3. The SMILES string of the molecule is C[C@H](NC(=O)C1=CN2CCS(=O)(=O)N=C2C=C1)c1cccc2ccccc12. The molecule has 1 N–H and O–H groups in total. The van der Waals surface area contributed by atoms with Crippen LogP contribution in [-0.4, -0.2) is 37.4 Å². The zero-order chi connectivity index (χ0) is 19.0. The average Bonchev–Trinajstić information content (AvgIpc) is 2.66. The summed E-state index contributed by atoms with van der Waals surface area (Å²) in [6.45, 7) is 2.24. The zero-order valence-electron chi connectivity index (χ0n) is 14.8. The van der Waals surface area contributed by atoms with Gasteiger partial charge >= 0.3 is 0 Å². The lowest BCUT2D eigenvalue weighted by atomic mass is 9.99. The van der Waals surface area contributed by atoms with Crippen molar-refractivity contribution in [3.8, 4) is 0 Å². The van der Waals surface area contributed by atoms with Crippen LogP contribution in [0.3, 0.4) is 0 Å². The van der Waals surface area contributed by atoms with Crippen LogP contribution in [0.5, 0.6) is 0 Å². The van der Waals surface area contributed by atoms with Crippen molar-refractivity contribution < 1.29 is 13.2 Å². The molecule has 2 aromatic rings. The molecule has 7 heteroatoms. The monoisotopic (exact) mass is 381 g/mol. The molecule has 0 bridgehead atoms. The van der Waals surface area contributed by atoms with Gasteiger partial charge in [0.05, 0.1) is 17.4 Å². The second kappa shape index (κ2) is 6.66. The van der Waals surface area contributed by atoms with Crippen molar-refractivity contribution in [3.05, 3.63) is 72.0 Å². The standard InChI is InChI=1S/C20H19N3O3S/c1-14(17-8-4-6-15-5-2-3-7-18(15)17)21-20(24)16-9-10-19-22-27(25,26)12-11-23(19)13-16/h2-10,13-14H,11-12H2,1H3,(H,21,24)/t14-/m0/s1. The molecule has 0 unspecified atom stereocenters. The van der Waals surface area contributed by atoms with E-state index < -0.39 is 10.0 Å². The van der Waals surface area contributed by atoms with Crippen molar-refractivity contribution in [2.24, 2.45) is 4.40 Å². The highest BCUT2D eigenvalue weighted by molar-refractivity contribution is 7.90. The topological polar surface area (TPSA) is 78.8 Å². The van der Waals surface area contributed by atoms with Gasteiger partial charge in [0.15, 0.2) is 0 Å².